The van der Waals surface area contributed by atoms with Crippen molar-refractivity contribution in [3.05, 3.63) is 59.2 Å². The highest BCUT2D eigenvalue weighted by Gasteiger charge is 2.24. The number of nitrogens with zero attached hydrogens (tertiary/aromatic N) is 1. The fraction of sp³-hybridized carbons (Fsp3) is 0.211. The van der Waals surface area contributed by atoms with E-state index in [1.807, 2.05) is 20.8 Å². The first-order valence-electron chi connectivity index (χ1n) is 8.07. The first-order chi connectivity index (χ1) is 12.5. The molecule has 3 aromatic rings. The minimum absolute atomic E-state index is 0.0872. The molecule has 0 aliphatic heterocycles. The van der Waals surface area contributed by atoms with Gasteiger partial charge in [0, 0.05) is 10.4 Å². The first kappa shape index (κ1) is 19.3. The largest absolute Gasteiger partial charge is 0.511 e. The number of hydrogen-bond donors (Lipinski definition) is 1. The number of rotatable bonds is 3. The van der Waals surface area contributed by atoms with E-state index in [2.05, 4.69) is 0 Å². The monoisotopic (exact) mass is 407 g/mol. The third-order valence-electron chi connectivity index (χ3n) is 4.17. The van der Waals surface area contributed by atoms with E-state index in [9.17, 15) is 13.2 Å². The van der Waals surface area contributed by atoms with E-state index in [-0.39, 0.29) is 21.6 Å². The van der Waals surface area contributed by atoms with Crippen LogP contribution >= 0.6 is 11.6 Å². The Kier molecular flexibility index (Phi) is 4.69. The van der Waals surface area contributed by atoms with E-state index < -0.39 is 16.2 Å². The number of hydrogen-bond acceptors (Lipinski definition) is 4. The minimum atomic E-state index is -3.95. The maximum Gasteiger partial charge on any atom is 0.511 e. The summed E-state index contributed by atoms with van der Waals surface area (Å²) in [6, 6.07) is 11.1. The van der Waals surface area contributed by atoms with Gasteiger partial charge < -0.3 is 9.84 Å². The van der Waals surface area contributed by atoms with Gasteiger partial charge in [0.25, 0.3) is 10.0 Å². The Balaban J connectivity index is 2.17. The van der Waals surface area contributed by atoms with Crippen LogP contribution in [0.5, 0.6) is 5.75 Å². The zero-order valence-corrected chi connectivity index (χ0v) is 16.5. The van der Waals surface area contributed by atoms with Crippen LogP contribution in [0.3, 0.4) is 0 Å². The number of carboxylic acid groups (broad SMARTS) is 1. The molecule has 0 fully saturated rings. The summed E-state index contributed by atoms with van der Waals surface area (Å²) in [4.78, 5) is 11.0. The van der Waals surface area contributed by atoms with Crippen LogP contribution in [0.25, 0.3) is 10.9 Å². The molecule has 1 aromatic heterocycles. The summed E-state index contributed by atoms with van der Waals surface area (Å²) in [6.45, 7) is 6.11. The molecule has 0 spiro atoms. The van der Waals surface area contributed by atoms with Gasteiger partial charge >= 0.3 is 6.16 Å². The third kappa shape index (κ3) is 3.65. The number of fused-ring (bicyclic) bond motifs is 1. The van der Waals surface area contributed by atoms with Crippen LogP contribution < -0.4 is 4.74 Å². The van der Waals surface area contributed by atoms with Gasteiger partial charge in [0.05, 0.1) is 16.6 Å². The zero-order valence-electron chi connectivity index (χ0n) is 14.9. The Bertz CT molecular complexity index is 1130. The van der Waals surface area contributed by atoms with E-state index >= 15 is 0 Å². The van der Waals surface area contributed by atoms with Crippen LogP contribution in [0.4, 0.5) is 4.79 Å². The average Bonchev–Trinajstić information content (AvgIpc) is 2.92. The molecule has 2 aromatic carbocycles. The number of carbonyl (C=O) groups is 1. The van der Waals surface area contributed by atoms with Crippen molar-refractivity contribution in [2.75, 3.05) is 0 Å². The van der Waals surface area contributed by atoms with Gasteiger partial charge in [0.1, 0.15) is 0 Å². The highest BCUT2D eigenvalue weighted by atomic mass is 35.5. The minimum Gasteiger partial charge on any atom is -0.449 e. The summed E-state index contributed by atoms with van der Waals surface area (Å²) in [7, 11) is -3.95. The molecule has 0 saturated heterocycles. The zero-order chi connectivity index (χ0) is 20.0. The van der Waals surface area contributed by atoms with Gasteiger partial charge in [-0.25, -0.2) is 17.2 Å². The SMILES string of the molecule is CC(C)(C)c1ccc(S(=O)(=O)n2cc(OC(=O)O)c3cc(Cl)ccc32)cc1. The Hall–Kier alpha value is -2.51. The summed E-state index contributed by atoms with van der Waals surface area (Å²) < 4.78 is 32.0. The Morgan fingerprint density at radius 1 is 1.11 bits per heavy atom. The normalized spacial score (nSPS) is 12.3. The van der Waals surface area contributed by atoms with Crippen molar-refractivity contribution >= 4 is 38.7 Å². The Labute approximate surface area is 162 Å². The molecule has 0 aliphatic rings. The van der Waals surface area contributed by atoms with Crippen LogP contribution in [-0.2, 0) is 15.4 Å². The lowest BCUT2D eigenvalue weighted by Gasteiger charge is -2.19. The third-order valence-corrected chi connectivity index (χ3v) is 6.09. The van der Waals surface area contributed by atoms with E-state index in [1.165, 1.54) is 30.3 Å². The second kappa shape index (κ2) is 6.58. The highest BCUT2D eigenvalue weighted by Crippen LogP contribution is 2.33. The quantitative estimate of drug-likeness (QED) is 0.625. The Morgan fingerprint density at radius 2 is 1.74 bits per heavy atom. The van der Waals surface area contributed by atoms with E-state index in [4.69, 9.17) is 21.4 Å². The highest BCUT2D eigenvalue weighted by molar-refractivity contribution is 7.90. The molecule has 0 bridgehead atoms. The lowest BCUT2D eigenvalue weighted by atomic mass is 9.87. The van der Waals surface area contributed by atoms with Gasteiger partial charge in [-0.15, -0.1) is 0 Å². The molecule has 0 unspecified atom stereocenters. The van der Waals surface area contributed by atoms with Crippen molar-refractivity contribution in [1.29, 1.82) is 0 Å². The molecule has 142 valence electrons. The summed E-state index contributed by atoms with van der Waals surface area (Å²) in [5.74, 6) is -0.102. The molecule has 0 saturated carbocycles. The standard InChI is InChI=1S/C19H18ClNO5S/c1-19(2,3)12-4-7-14(8-5-12)27(24,25)21-11-17(26-18(22)23)15-10-13(20)6-9-16(15)21/h4-11H,1-3H3,(H,22,23). The fourth-order valence-corrected chi connectivity index (χ4v) is 4.29. The summed E-state index contributed by atoms with van der Waals surface area (Å²) in [5.41, 5.74) is 1.16. The second-order valence-corrected chi connectivity index (χ2v) is 9.35. The lowest BCUT2D eigenvalue weighted by Crippen LogP contribution is -2.14. The van der Waals surface area contributed by atoms with Gasteiger partial charge in [-0.2, -0.15) is 0 Å². The molecular weight excluding hydrogens is 390 g/mol. The molecule has 8 heteroatoms. The topological polar surface area (TPSA) is 85.6 Å². The lowest BCUT2D eigenvalue weighted by molar-refractivity contribution is 0.145. The molecule has 0 aliphatic carbocycles. The predicted octanol–water partition coefficient (Wildman–Crippen LogP) is 4.89. The fourth-order valence-electron chi connectivity index (χ4n) is 2.76. The van der Waals surface area contributed by atoms with E-state index in [0.717, 1.165) is 15.7 Å². The van der Waals surface area contributed by atoms with Crippen molar-refractivity contribution in [3.8, 4) is 5.75 Å². The molecule has 0 amide bonds. The van der Waals surface area contributed by atoms with Crippen molar-refractivity contribution in [2.24, 2.45) is 0 Å². The van der Waals surface area contributed by atoms with Gasteiger partial charge in [0.2, 0.25) is 0 Å². The molecule has 27 heavy (non-hydrogen) atoms. The predicted molar refractivity (Wildman–Crippen MR) is 103 cm³/mol. The molecule has 3 rings (SSSR count). The van der Waals surface area contributed by atoms with Crippen LogP contribution in [0.1, 0.15) is 26.3 Å². The van der Waals surface area contributed by atoms with Crippen molar-refractivity contribution in [1.82, 2.24) is 3.97 Å². The molecule has 0 radical (unpaired) electrons. The summed E-state index contributed by atoms with van der Waals surface area (Å²) in [5, 5.41) is 9.54. The number of ether oxygens (including phenoxy) is 1. The smallest absolute Gasteiger partial charge is 0.449 e. The van der Waals surface area contributed by atoms with Gasteiger partial charge in [-0.3, -0.25) is 0 Å². The van der Waals surface area contributed by atoms with Gasteiger partial charge in [-0.05, 0) is 41.3 Å². The van der Waals surface area contributed by atoms with Gasteiger partial charge in [0.15, 0.2) is 5.75 Å². The number of aromatic nitrogens is 1. The van der Waals surface area contributed by atoms with Crippen molar-refractivity contribution < 1.29 is 23.1 Å². The van der Waals surface area contributed by atoms with Crippen LogP contribution in [-0.4, -0.2) is 23.7 Å². The van der Waals surface area contributed by atoms with Crippen LogP contribution in [0.2, 0.25) is 5.02 Å². The second-order valence-electron chi connectivity index (χ2n) is 7.10. The van der Waals surface area contributed by atoms with Crippen LogP contribution in [0.15, 0.2) is 53.6 Å². The van der Waals surface area contributed by atoms with Crippen molar-refractivity contribution in [3.63, 3.8) is 0 Å². The summed E-state index contributed by atoms with van der Waals surface area (Å²) in [6.07, 6.45) is -0.400. The molecule has 1 heterocycles. The first-order valence-corrected chi connectivity index (χ1v) is 9.89. The molecular formula is C19H18ClNO5S. The van der Waals surface area contributed by atoms with Gasteiger partial charge in [-0.1, -0.05) is 44.5 Å². The van der Waals surface area contributed by atoms with E-state index in [1.54, 1.807) is 12.1 Å². The maximum absolute atomic E-state index is 13.1. The summed E-state index contributed by atoms with van der Waals surface area (Å²) >= 11 is 5.97. The van der Waals surface area contributed by atoms with Crippen LogP contribution in [0, 0.1) is 0 Å². The van der Waals surface area contributed by atoms with Crippen molar-refractivity contribution in [2.45, 2.75) is 31.1 Å². The maximum atomic E-state index is 13.1. The Morgan fingerprint density at radius 3 is 2.30 bits per heavy atom. The number of benzene rings is 2. The molecule has 6 nitrogen and oxygen atoms in total. The number of halogens is 1. The molecule has 0 atom stereocenters. The average molecular weight is 408 g/mol. The molecule has 1 N–H and O–H groups in total. The van der Waals surface area contributed by atoms with E-state index in [0.29, 0.717) is 10.4 Å².